The number of halogens is 1. The summed E-state index contributed by atoms with van der Waals surface area (Å²) in [5.74, 6) is 0.782. The molecule has 2 rings (SSSR count). The van der Waals surface area contributed by atoms with Gasteiger partial charge in [-0.15, -0.1) is 0 Å². The summed E-state index contributed by atoms with van der Waals surface area (Å²) in [7, 11) is 0. The lowest BCUT2D eigenvalue weighted by atomic mass is 9.99. The molecule has 0 spiro atoms. The molecule has 106 valence electrons. The van der Waals surface area contributed by atoms with Crippen LogP contribution in [-0.4, -0.2) is 19.6 Å². The highest BCUT2D eigenvalue weighted by Gasteiger charge is 2.19. The van der Waals surface area contributed by atoms with E-state index in [2.05, 4.69) is 36.2 Å². The maximum atomic E-state index is 6.19. The molecule has 0 aliphatic carbocycles. The Bertz CT molecular complexity index is 406. The van der Waals surface area contributed by atoms with E-state index >= 15 is 0 Å². The van der Waals surface area contributed by atoms with Crippen molar-refractivity contribution >= 4 is 17.3 Å². The molecule has 1 fully saturated rings. The van der Waals surface area contributed by atoms with Gasteiger partial charge < -0.3 is 10.2 Å². The van der Waals surface area contributed by atoms with Gasteiger partial charge in [-0.05, 0) is 49.4 Å². The standard InChI is InChI=1S/C16H25ClN2/c1-3-8-18-11-14-6-7-15(17)10-16(14)19-9-4-5-13(2)12-19/h6-7,10,13,18H,3-5,8-9,11-12H2,1-2H3. The summed E-state index contributed by atoms with van der Waals surface area (Å²) < 4.78 is 0. The van der Waals surface area contributed by atoms with Gasteiger partial charge in [0.05, 0.1) is 0 Å². The van der Waals surface area contributed by atoms with Crippen LogP contribution in [0.15, 0.2) is 18.2 Å². The number of hydrogen-bond acceptors (Lipinski definition) is 2. The first-order chi connectivity index (χ1) is 9.20. The zero-order valence-corrected chi connectivity index (χ0v) is 12.8. The molecule has 0 saturated carbocycles. The average molecular weight is 281 g/mol. The topological polar surface area (TPSA) is 15.3 Å². The summed E-state index contributed by atoms with van der Waals surface area (Å²) in [6.45, 7) is 8.85. The van der Waals surface area contributed by atoms with E-state index in [0.717, 1.165) is 37.1 Å². The van der Waals surface area contributed by atoms with E-state index in [0.29, 0.717) is 0 Å². The van der Waals surface area contributed by atoms with Crippen molar-refractivity contribution in [1.82, 2.24) is 5.32 Å². The van der Waals surface area contributed by atoms with Gasteiger partial charge in [0.15, 0.2) is 0 Å². The molecule has 19 heavy (non-hydrogen) atoms. The van der Waals surface area contributed by atoms with Gasteiger partial charge in [-0.1, -0.05) is 31.5 Å². The number of piperidine rings is 1. The van der Waals surface area contributed by atoms with Gasteiger partial charge in [0.1, 0.15) is 0 Å². The second-order valence-corrected chi connectivity index (χ2v) is 6.08. The van der Waals surface area contributed by atoms with Gasteiger partial charge in [-0.2, -0.15) is 0 Å². The summed E-state index contributed by atoms with van der Waals surface area (Å²) in [6.07, 6.45) is 3.81. The molecule has 1 aliphatic heterocycles. The monoisotopic (exact) mass is 280 g/mol. The molecule has 1 N–H and O–H groups in total. The van der Waals surface area contributed by atoms with Crippen LogP contribution in [0, 0.1) is 5.92 Å². The molecule has 1 aromatic rings. The van der Waals surface area contributed by atoms with Gasteiger partial charge in [0, 0.05) is 30.3 Å². The fourth-order valence-electron chi connectivity index (χ4n) is 2.79. The van der Waals surface area contributed by atoms with Crippen molar-refractivity contribution < 1.29 is 0 Å². The Morgan fingerprint density at radius 3 is 3.00 bits per heavy atom. The minimum Gasteiger partial charge on any atom is -0.371 e. The molecule has 1 aromatic carbocycles. The molecule has 1 saturated heterocycles. The molecule has 2 nitrogen and oxygen atoms in total. The molecule has 1 heterocycles. The van der Waals surface area contributed by atoms with E-state index in [1.54, 1.807) is 0 Å². The number of benzene rings is 1. The van der Waals surface area contributed by atoms with Crippen molar-refractivity contribution in [3.05, 3.63) is 28.8 Å². The number of hydrogen-bond donors (Lipinski definition) is 1. The Hall–Kier alpha value is -0.730. The van der Waals surface area contributed by atoms with Crippen molar-refractivity contribution in [2.45, 2.75) is 39.7 Å². The largest absolute Gasteiger partial charge is 0.371 e. The van der Waals surface area contributed by atoms with E-state index in [1.165, 1.54) is 30.5 Å². The number of anilines is 1. The van der Waals surface area contributed by atoms with E-state index < -0.39 is 0 Å². The summed E-state index contributed by atoms with van der Waals surface area (Å²) in [5.41, 5.74) is 2.69. The Morgan fingerprint density at radius 1 is 1.42 bits per heavy atom. The van der Waals surface area contributed by atoms with Crippen LogP contribution in [0.2, 0.25) is 5.02 Å². The third-order valence-electron chi connectivity index (χ3n) is 3.79. The van der Waals surface area contributed by atoms with Crippen molar-refractivity contribution in [2.75, 3.05) is 24.5 Å². The normalized spacial score (nSPS) is 19.7. The maximum Gasteiger partial charge on any atom is 0.0426 e. The highest BCUT2D eigenvalue weighted by atomic mass is 35.5. The van der Waals surface area contributed by atoms with Crippen molar-refractivity contribution in [3.8, 4) is 0 Å². The van der Waals surface area contributed by atoms with Gasteiger partial charge >= 0.3 is 0 Å². The highest BCUT2D eigenvalue weighted by Crippen LogP contribution is 2.29. The van der Waals surface area contributed by atoms with Crippen LogP contribution in [0.1, 0.15) is 38.7 Å². The van der Waals surface area contributed by atoms with Crippen LogP contribution in [0.3, 0.4) is 0 Å². The Balaban J connectivity index is 2.13. The van der Waals surface area contributed by atoms with Gasteiger partial charge in [0.2, 0.25) is 0 Å². The lowest BCUT2D eigenvalue weighted by molar-refractivity contribution is 0.446. The van der Waals surface area contributed by atoms with Crippen molar-refractivity contribution in [2.24, 2.45) is 5.92 Å². The molecule has 0 radical (unpaired) electrons. The smallest absolute Gasteiger partial charge is 0.0426 e. The lowest BCUT2D eigenvalue weighted by Crippen LogP contribution is -2.35. The molecule has 0 aromatic heterocycles. The zero-order chi connectivity index (χ0) is 13.7. The lowest BCUT2D eigenvalue weighted by Gasteiger charge is -2.34. The molecule has 0 amide bonds. The second-order valence-electron chi connectivity index (χ2n) is 5.64. The first-order valence-electron chi connectivity index (χ1n) is 7.44. The quantitative estimate of drug-likeness (QED) is 0.818. The van der Waals surface area contributed by atoms with E-state index in [9.17, 15) is 0 Å². The first-order valence-corrected chi connectivity index (χ1v) is 7.82. The third-order valence-corrected chi connectivity index (χ3v) is 4.02. The third kappa shape index (κ3) is 4.12. The Morgan fingerprint density at radius 2 is 2.26 bits per heavy atom. The summed E-state index contributed by atoms with van der Waals surface area (Å²) in [6, 6.07) is 6.30. The molecular weight excluding hydrogens is 256 g/mol. The second kappa shape index (κ2) is 7.16. The molecule has 1 atom stereocenters. The minimum atomic E-state index is 0.782. The van der Waals surface area contributed by atoms with E-state index in [-0.39, 0.29) is 0 Å². The summed E-state index contributed by atoms with van der Waals surface area (Å²) in [4.78, 5) is 2.50. The van der Waals surface area contributed by atoms with Crippen LogP contribution in [0.25, 0.3) is 0 Å². The predicted octanol–water partition coefficient (Wildman–Crippen LogP) is 4.08. The average Bonchev–Trinajstić information content (AvgIpc) is 2.40. The Labute approximate surface area is 122 Å². The first kappa shape index (κ1) is 14.7. The molecule has 3 heteroatoms. The van der Waals surface area contributed by atoms with Crippen LogP contribution in [-0.2, 0) is 6.54 Å². The van der Waals surface area contributed by atoms with Gasteiger partial charge in [0.25, 0.3) is 0 Å². The molecular formula is C16H25ClN2. The maximum absolute atomic E-state index is 6.19. The number of nitrogens with zero attached hydrogens (tertiary/aromatic N) is 1. The van der Waals surface area contributed by atoms with Crippen LogP contribution in [0.5, 0.6) is 0 Å². The minimum absolute atomic E-state index is 0.782. The summed E-state index contributed by atoms with van der Waals surface area (Å²) >= 11 is 6.19. The van der Waals surface area contributed by atoms with E-state index in [1.807, 2.05) is 6.07 Å². The zero-order valence-electron chi connectivity index (χ0n) is 12.1. The van der Waals surface area contributed by atoms with Gasteiger partial charge in [-0.25, -0.2) is 0 Å². The van der Waals surface area contributed by atoms with Gasteiger partial charge in [-0.3, -0.25) is 0 Å². The van der Waals surface area contributed by atoms with Crippen LogP contribution < -0.4 is 10.2 Å². The van der Waals surface area contributed by atoms with Crippen LogP contribution in [0.4, 0.5) is 5.69 Å². The van der Waals surface area contributed by atoms with Crippen molar-refractivity contribution in [1.29, 1.82) is 0 Å². The molecule has 1 unspecified atom stereocenters. The molecule has 0 bridgehead atoms. The van der Waals surface area contributed by atoms with Crippen molar-refractivity contribution in [3.63, 3.8) is 0 Å². The number of rotatable bonds is 5. The fourth-order valence-corrected chi connectivity index (χ4v) is 2.96. The number of nitrogens with one attached hydrogen (secondary N) is 1. The van der Waals surface area contributed by atoms with E-state index in [4.69, 9.17) is 11.6 Å². The summed E-state index contributed by atoms with van der Waals surface area (Å²) in [5, 5.41) is 4.33. The van der Waals surface area contributed by atoms with Crippen LogP contribution >= 0.6 is 11.6 Å². The fraction of sp³-hybridized carbons (Fsp3) is 0.625. The Kier molecular flexibility index (Phi) is 5.53. The molecule has 1 aliphatic rings. The SMILES string of the molecule is CCCNCc1ccc(Cl)cc1N1CCCC(C)C1. The predicted molar refractivity (Wildman–Crippen MR) is 84.1 cm³/mol. The highest BCUT2D eigenvalue weighted by molar-refractivity contribution is 6.30.